The van der Waals surface area contributed by atoms with Crippen molar-refractivity contribution in [2.45, 2.75) is 19.8 Å². The van der Waals surface area contributed by atoms with Crippen LogP contribution in [-0.2, 0) is 32.6 Å². The molecule has 2 aliphatic rings. The summed E-state index contributed by atoms with van der Waals surface area (Å²) in [6, 6.07) is 15.4. The Hall–Kier alpha value is -1.46. The van der Waals surface area contributed by atoms with Gasteiger partial charge in [0, 0.05) is 26.2 Å². The number of allylic oxidation sites excluding steroid dienone is 6. The van der Waals surface area contributed by atoms with E-state index in [0.29, 0.717) is 0 Å². The van der Waals surface area contributed by atoms with Gasteiger partial charge in [0.2, 0.25) is 0 Å². The molecule has 0 fully saturated rings. The molecule has 0 saturated heterocycles. The zero-order valence-electron chi connectivity index (χ0n) is 12.7. The minimum Gasteiger partial charge on any atom is -0.153 e. The molecule has 1 heteroatoms. The third kappa shape index (κ3) is 2.52. The van der Waals surface area contributed by atoms with Crippen LogP contribution in [0.25, 0.3) is 16.7 Å². The zero-order valence-corrected chi connectivity index (χ0v) is 15.1. The summed E-state index contributed by atoms with van der Waals surface area (Å²) >= 11 is 0. The van der Waals surface area contributed by atoms with Gasteiger partial charge in [0.25, 0.3) is 0 Å². The fraction of sp³-hybridized carbons (Fsp3) is 0.143. The number of benzene rings is 2. The number of hydrogen-bond donors (Lipinski definition) is 0. The summed E-state index contributed by atoms with van der Waals surface area (Å²) in [6.07, 6.45) is 12.2. The van der Waals surface area contributed by atoms with Crippen LogP contribution in [-0.4, -0.2) is 0 Å². The van der Waals surface area contributed by atoms with Crippen LogP contribution in [0, 0.1) is 6.08 Å². The van der Waals surface area contributed by atoms with E-state index in [1.807, 2.05) is 0 Å². The fourth-order valence-electron chi connectivity index (χ4n) is 3.32. The maximum atomic E-state index is 3.53. The summed E-state index contributed by atoms with van der Waals surface area (Å²) in [6.45, 7) is 2.16. The molecule has 0 atom stereocenters. The molecule has 0 aromatic heterocycles. The quantitative estimate of drug-likeness (QED) is 0.541. The van der Waals surface area contributed by atoms with Gasteiger partial charge in [-0.25, -0.2) is 0 Å². The largest absolute Gasteiger partial charge is 0.153 e. The summed E-state index contributed by atoms with van der Waals surface area (Å²) in [4.78, 5) is 0. The maximum absolute atomic E-state index is 3.53. The molecule has 0 heterocycles. The Kier molecular flexibility index (Phi) is 4.45. The predicted octanol–water partition coefficient (Wildman–Crippen LogP) is 5.35. The van der Waals surface area contributed by atoms with Crippen LogP contribution in [0.1, 0.15) is 30.0 Å². The Labute approximate surface area is 151 Å². The molecule has 0 aliphatic heterocycles. The molecule has 0 nitrogen and oxygen atoms in total. The molecular weight excluding hydrogens is 343 g/mol. The van der Waals surface area contributed by atoms with Gasteiger partial charge in [-0.05, 0) is 23.1 Å². The van der Waals surface area contributed by atoms with Crippen LogP contribution in [0.5, 0.6) is 0 Å². The van der Waals surface area contributed by atoms with Gasteiger partial charge in [0.05, 0.1) is 0 Å². The fourth-order valence-corrected chi connectivity index (χ4v) is 3.32. The first-order valence-electron chi connectivity index (χ1n) is 7.59. The van der Waals surface area contributed by atoms with Crippen molar-refractivity contribution in [2.24, 2.45) is 0 Å². The van der Waals surface area contributed by atoms with E-state index >= 15 is 0 Å². The minimum absolute atomic E-state index is 0. The van der Waals surface area contributed by atoms with Gasteiger partial charge in [-0.2, -0.15) is 12.2 Å². The van der Waals surface area contributed by atoms with Gasteiger partial charge < -0.3 is 0 Å². The molecule has 2 aliphatic carbocycles. The van der Waals surface area contributed by atoms with Crippen molar-refractivity contribution in [1.82, 2.24) is 0 Å². The molecule has 2 aromatic rings. The molecule has 0 unspecified atom stereocenters. The van der Waals surface area contributed by atoms with Gasteiger partial charge in [-0.15, -0.1) is 23.3 Å². The predicted molar refractivity (Wildman–Crippen MR) is 88.8 cm³/mol. The number of fused-ring (bicyclic) bond motifs is 3. The van der Waals surface area contributed by atoms with Crippen molar-refractivity contribution in [3.05, 3.63) is 89.0 Å². The summed E-state index contributed by atoms with van der Waals surface area (Å²) in [7, 11) is 0. The second kappa shape index (κ2) is 6.35. The Morgan fingerprint density at radius 1 is 0.955 bits per heavy atom. The average Bonchev–Trinajstić information content (AvgIpc) is 3.11. The molecular formula is C21H17Zr-. The monoisotopic (exact) mass is 359 g/mol. The maximum Gasteiger partial charge on any atom is 0 e. The summed E-state index contributed by atoms with van der Waals surface area (Å²) < 4.78 is 0. The number of hydrogen-bond acceptors (Lipinski definition) is 0. The first-order chi connectivity index (χ1) is 10.4. The third-order valence-corrected chi connectivity index (χ3v) is 4.27. The van der Waals surface area contributed by atoms with E-state index in [-0.39, 0.29) is 26.2 Å². The second-order valence-corrected chi connectivity index (χ2v) is 5.61. The van der Waals surface area contributed by atoms with Crippen molar-refractivity contribution >= 4 is 5.57 Å². The Bertz CT molecular complexity index is 806. The normalized spacial score (nSPS) is 16.2. The minimum atomic E-state index is 0. The van der Waals surface area contributed by atoms with E-state index in [1.165, 1.54) is 39.0 Å². The van der Waals surface area contributed by atoms with Crippen LogP contribution in [0.2, 0.25) is 0 Å². The number of rotatable bonds is 2. The molecule has 0 saturated carbocycles. The molecule has 2 aromatic carbocycles. The average molecular weight is 361 g/mol. The SMILES string of the molecule is CCC=C1[C-]=C(c2cccc3c2Cc2ccccc2-3)C=C1.[Zr]. The van der Waals surface area contributed by atoms with Crippen LogP contribution < -0.4 is 0 Å². The summed E-state index contributed by atoms with van der Waals surface area (Å²) in [5, 5.41) is 0. The van der Waals surface area contributed by atoms with Gasteiger partial charge in [-0.3, -0.25) is 0 Å². The van der Waals surface area contributed by atoms with Crippen molar-refractivity contribution < 1.29 is 26.2 Å². The first-order valence-corrected chi connectivity index (χ1v) is 7.59. The van der Waals surface area contributed by atoms with Crippen LogP contribution in [0.3, 0.4) is 0 Å². The van der Waals surface area contributed by atoms with E-state index in [2.05, 4.69) is 73.7 Å². The zero-order chi connectivity index (χ0) is 14.2. The van der Waals surface area contributed by atoms with E-state index in [9.17, 15) is 0 Å². The topological polar surface area (TPSA) is 0 Å². The molecule has 0 amide bonds. The standard InChI is InChI=1S/C21H17.Zr/c1-2-6-15-11-12-17(13-15)19-9-5-10-20-18-8-4-3-7-16(18)14-21(19)20;/h3-12H,2,14H2,1H3;/q-1;. The van der Waals surface area contributed by atoms with Crippen LogP contribution in [0.15, 0.2) is 66.3 Å². The Morgan fingerprint density at radius 2 is 1.73 bits per heavy atom. The molecule has 0 radical (unpaired) electrons. The summed E-state index contributed by atoms with van der Waals surface area (Å²) in [5.74, 6) is 0. The molecule has 106 valence electrons. The second-order valence-electron chi connectivity index (χ2n) is 5.61. The third-order valence-electron chi connectivity index (χ3n) is 4.27. The Balaban J connectivity index is 0.00000144. The van der Waals surface area contributed by atoms with E-state index in [1.54, 1.807) is 0 Å². The van der Waals surface area contributed by atoms with Crippen molar-refractivity contribution in [3.63, 3.8) is 0 Å². The smallest absolute Gasteiger partial charge is 0 e. The van der Waals surface area contributed by atoms with Crippen molar-refractivity contribution in [2.75, 3.05) is 0 Å². The molecule has 0 bridgehead atoms. The molecule has 4 rings (SSSR count). The molecule has 0 N–H and O–H groups in total. The summed E-state index contributed by atoms with van der Waals surface area (Å²) in [5.41, 5.74) is 9.43. The van der Waals surface area contributed by atoms with E-state index in [0.717, 1.165) is 12.8 Å². The molecule has 22 heavy (non-hydrogen) atoms. The van der Waals surface area contributed by atoms with E-state index < -0.39 is 0 Å². The van der Waals surface area contributed by atoms with Crippen LogP contribution in [0.4, 0.5) is 0 Å². The van der Waals surface area contributed by atoms with Gasteiger partial charge >= 0.3 is 0 Å². The van der Waals surface area contributed by atoms with Crippen molar-refractivity contribution in [1.29, 1.82) is 0 Å². The molecule has 0 spiro atoms. The van der Waals surface area contributed by atoms with E-state index in [4.69, 9.17) is 0 Å². The first kappa shape index (κ1) is 15.4. The van der Waals surface area contributed by atoms with Crippen LogP contribution >= 0.6 is 0 Å². The van der Waals surface area contributed by atoms with Gasteiger partial charge in [0.1, 0.15) is 0 Å². The Morgan fingerprint density at radius 3 is 2.59 bits per heavy atom. The van der Waals surface area contributed by atoms with Gasteiger partial charge in [-0.1, -0.05) is 66.9 Å². The van der Waals surface area contributed by atoms with Crippen molar-refractivity contribution in [3.8, 4) is 11.1 Å². The van der Waals surface area contributed by atoms with Gasteiger partial charge in [0.15, 0.2) is 0 Å².